The number of hydrogen-bond acceptors (Lipinski definition) is 2. The van der Waals surface area contributed by atoms with Crippen LogP contribution in [0.4, 0.5) is 0 Å². The summed E-state index contributed by atoms with van der Waals surface area (Å²) in [5.41, 5.74) is 0.706. The molecule has 0 amide bonds. The topological polar surface area (TPSA) is 17.1 Å². The van der Waals surface area contributed by atoms with Crippen LogP contribution in [0.15, 0.2) is 59.5 Å². The highest BCUT2D eigenvalue weighted by Gasteiger charge is 2.06. The van der Waals surface area contributed by atoms with Gasteiger partial charge in [0.2, 0.25) is 0 Å². The Labute approximate surface area is 110 Å². The first-order valence-electron chi connectivity index (χ1n) is 5.22. The summed E-state index contributed by atoms with van der Waals surface area (Å²) in [6.45, 7) is 0. The first kappa shape index (κ1) is 12.2. The predicted molar refractivity (Wildman–Crippen MR) is 72.9 cm³/mol. The summed E-state index contributed by atoms with van der Waals surface area (Å²) in [7, 11) is 0. The average Bonchev–Trinajstić information content (AvgIpc) is 2.38. The molecule has 3 heteroatoms. The van der Waals surface area contributed by atoms with Crippen LogP contribution in [-0.2, 0) is 0 Å². The van der Waals surface area contributed by atoms with Crippen LogP contribution in [-0.4, -0.2) is 11.5 Å². The second kappa shape index (κ2) is 5.89. The monoisotopic (exact) mass is 262 g/mol. The van der Waals surface area contributed by atoms with Crippen LogP contribution in [0.2, 0.25) is 5.02 Å². The molecular weight excluding hydrogens is 252 g/mol. The van der Waals surface area contributed by atoms with E-state index in [4.69, 9.17) is 11.6 Å². The van der Waals surface area contributed by atoms with Gasteiger partial charge in [0.25, 0.3) is 0 Å². The van der Waals surface area contributed by atoms with E-state index in [1.807, 2.05) is 30.3 Å². The summed E-state index contributed by atoms with van der Waals surface area (Å²) < 4.78 is 0. The molecule has 0 saturated heterocycles. The molecule has 0 saturated carbocycles. The number of benzene rings is 2. The summed E-state index contributed by atoms with van der Waals surface area (Å²) >= 11 is 7.32. The van der Waals surface area contributed by atoms with E-state index < -0.39 is 0 Å². The van der Waals surface area contributed by atoms with E-state index in [1.54, 1.807) is 36.0 Å². The minimum absolute atomic E-state index is 0.121. The van der Waals surface area contributed by atoms with Crippen LogP contribution >= 0.6 is 23.4 Å². The number of rotatable bonds is 4. The number of carbonyl (C=O) groups is 1. The molecule has 0 aromatic heterocycles. The second-order valence-electron chi connectivity index (χ2n) is 3.53. The molecular formula is C14H11ClOS. The smallest absolute Gasteiger partial charge is 0.173 e. The molecule has 2 rings (SSSR count). The van der Waals surface area contributed by atoms with E-state index in [0.29, 0.717) is 16.3 Å². The molecule has 0 fully saturated rings. The fourth-order valence-electron chi connectivity index (χ4n) is 1.38. The van der Waals surface area contributed by atoms with Crippen LogP contribution in [0.5, 0.6) is 0 Å². The van der Waals surface area contributed by atoms with E-state index in [2.05, 4.69) is 0 Å². The molecule has 86 valence electrons. The fraction of sp³-hybridized carbons (Fsp3) is 0.0714. The lowest BCUT2D eigenvalue weighted by Crippen LogP contribution is -2.01. The van der Waals surface area contributed by atoms with Crippen LogP contribution in [0.3, 0.4) is 0 Å². The molecule has 0 N–H and O–H groups in total. The van der Waals surface area contributed by atoms with Gasteiger partial charge in [-0.3, -0.25) is 4.79 Å². The molecule has 2 aromatic carbocycles. The Kier molecular flexibility index (Phi) is 4.24. The van der Waals surface area contributed by atoms with Crippen LogP contribution in [0.1, 0.15) is 10.4 Å². The van der Waals surface area contributed by atoms with Gasteiger partial charge in [0.15, 0.2) is 5.78 Å². The highest BCUT2D eigenvalue weighted by Crippen LogP contribution is 2.19. The van der Waals surface area contributed by atoms with Crippen molar-refractivity contribution < 1.29 is 4.79 Å². The van der Waals surface area contributed by atoms with Crippen molar-refractivity contribution in [3.05, 3.63) is 65.2 Å². The minimum Gasteiger partial charge on any atom is -0.293 e. The Hall–Kier alpha value is -1.25. The quantitative estimate of drug-likeness (QED) is 0.603. The van der Waals surface area contributed by atoms with Gasteiger partial charge in [0, 0.05) is 15.5 Å². The third-order valence-corrected chi connectivity index (χ3v) is 3.54. The standard InChI is InChI=1S/C14H11ClOS/c15-12-8-6-11(7-9-12)14(16)10-17-13-4-2-1-3-5-13/h1-9H,10H2. The Morgan fingerprint density at radius 3 is 2.29 bits per heavy atom. The Balaban J connectivity index is 1.96. The third-order valence-electron chi connectivity index (χ3n) is 2.28. The van der Waals surface area contributed by atoms with Crippen molar-refractivity contribution in [2.45, 2.75) is 4.90 Å². The van der Waals surface area contributed by atoms with E-state index in [-0.39, 0.29) is 5.78 Å². The van der Waals surface area contributed by atoms with Crippen molar-refractivity contribution in [1.82, 2.24) is 0 Å². The molecule has 0 unspecified atom stereocenters. The van der Waals surface area contributed by atoms with Gasteiger partial charge in [-0.15, -0.1) is 11.8 Å². The van der Waals surface area contributed by atoms with E-state index in [0.717, 1.165) is 4.90 Å². The van der Waals surface area contributed by atoms with Gasteiger partial charge in [0.05, 0.1) is 5.75 Å². The lowest BCUT2D eigenvalue weighted by molar-refractivity contribution is 0.102. The summed E-state index contributed by atoms with van der Waals surface area (Å²) in [5.74, 6) is 0.571. The Morgan fingerprint density at radius 1 is 1.00 bits per heavy atom. The SMILES string of the molecule is O=C(CSc1ccccc1)c1ccc(Cl)cc1. The minimum atomic E-state index is 0.121. The number of hydrogen-bond donors (Lipinski definition) is 0. The number of carbonyl (C=O) groups excluding carboxylic acids is 1. The molecule has 0 aliphatic rings. The molecule has 1 nitrogen and oxygen atoms in total. The van der Waals surface area contributed by atoms with Crippen molar-refractivity contribution in [2.24, 2.45) is 0 Å². The highest BCUT2D eigenvalue weighted by atomic mass is 35.5. The zero-order valence-electron chi connectivity index (χ0n) is 9.10. The molecule has 17 heavy (non-hydrogen) atoms. The van der Waals surface area contributed by atoms with Crippen molar-refractivity contribution in [1.29, 1.82) is 0 Å². The summed E-state index contributed by atoms with van der Waals surface area (Å²) in [5, 5.41) is 0.650. The van der Waals surface area contributed by atoms with E-state index >= 15 is 0 Å². The predicted octanol–water partition coefficient (Wildman–Crippen LogP) is 4.32. The van der Waals surface area contributed by atoms with Gasteiger partial charge in [0.1, 0.15) is 0 Å². The van der Waals surface area contributed by atoms with Gasteiger partial charge >= 0.3 is 0 Å². The number of ketones is 1. The van der Waals surface area contributed by atoms with Gasteiger partial charge < -0.3 is 0 Å². The maximum atomic E-state index is 11.9. The molecule has 0 spiro atoms. The highest BCUT2D eigenvalue weighted by molar-refractivity contribution is 8.00. The number of Topliss-reactive ketones (excluding diaryl/α,β-unsaturated/α-hetero) is 1. The maximum Gasteiger partial charge on any atom is 0.173 e. The lowest BCUT2D eigenvalue weighted by Gasteiger charge is -2.01. The third kappa shape index (κ3) is 3.62. The van der Waals surface area contributed by atoms with Crippen molar-refractivity contribution >= 4 is 29.1 Å². The van der Waals surface area contributed by atoms with Crippen LogP contribution in [0, 0.1) is 0 Å². The van der Waals surface area contributed by atoms with Gasteiger partial charge in [-0.1, -0.05) is 29.8 Å². The largest absolute Gasteiger partial charge is 0.293 e. The fourth-order valence-corrected chi connectivity index (χ4v) is 2.32. The molecule has 0 heterocycles. The summed E-state index contributed by atoms with van der Waals surface area (Å²) in [6.07, 6.45) is 0. The van der Waals surface area contributed by atoms with Crippen molar-refractivity contribution in [2.75, 3.05) is 5.75 Å². The molecule has 0 atom stereocenters. The first-order valence-corrected chi connectivity index (χ1v) is 6.59. The average molecular weight is 263 g/mol. The maximum absolute atomic E-state index is 11.9. The van der Waals surface area contributed by atoms with Gasteiger partial charge in [-0.25, -0.2) is 0 Å². The molecule has 0 bridgehead atoms. The van der Waals surface area contributed by atoms with Crippen LogP contribution in [0.25, 0.3) is 0 Å². The molecule has 2 aromatic rings. The normalized spacial score (nSPS) is 10.2. The lowest BCUT2D eigenvalue weighted by atomic mass is 10.1. The summed E-state index contributed by atoms with van der Waals surface area (Å²) in [4.78, 5) is 13.0. The molecule has 0 radical (unpaired) electrons. The number of halogens is 1. The molecule has 0 aliphatic heterocycles. The van der Waals surface area contributed by atoms with E-state index in [9.17, 15) is 4.79 Å². The second-order valence-corrected chi connectivity index (χ2v) is 5.02. The Morgan fingerprint density at radius 2 is 1.65 bits per heavy atom. The zero-order valence-corrected chi connectivity index (χ0v) is 10.7. The molecule has 0 aliphatic carbocycles. The van der Waals surface area contributed by atoms with Crippen LogP contribution < -0.4 is 0 Å². The van der Waals surface area contributed by atoms with E-state index in [1.165, 1.54) is 0 Å². The zero-order chi connectivity index (χ0) is 12.1. The van der Waals surface area contributed by atoms with Gasteiger partial charge in [-0.05, 0) is 36.4 Å². The number of thioether (sulfide) groups is 1. The first-order chi connectivity index (χ1) is 8.25. The Bertz CT molecular complexity index is 493. The van der Waals surface area contributed by atoms with Gasteiger partial charge in [-0.2, -0.15) is 0 Å². The van der Waals surface area contributed by atoms with Crippen molar-refractivity contribution in [3.8, 4) is 0 Å². The summed E-state index contributed by atoms with van der Waals surface area (Å²) in [6, 6.07) is 16.9. The van der Waals surface area contributed by atoms with Crippen molar-refractivity contribution in [3.63, 3.8) is 0 Å².